The molecule has 0 amide bonds. The first kappa shape index (κ1) is 17.1. The number of ketones is 1. The smallest absolute Gasteiger partial charge is 0.193 e. The number of hydrogen-bond acceptors (Lipinski definition) is 1. The highest BCUT2D eigenvalue weighted by Gasteiger charge is 2.22. The Balaban J connectivity index is 2.65. The van der Waals surface area contributed by atoms with Crippen molar-refractivity contribution in [2.45, 2.75) is 39.5 Å². The molecule has 0 aliphatic heterocycles. The van der Waals surface area contributed by atoms with Crippen LogP contribution < -0.4 is 0 Å². The Hall–Kier alpha value is -1.31. The van der Waals surface area contributed by atoms with E-state index in [-0.39, 0.29) is 17.6 Å². The van der Waals surface area contributed by atoms with E-state index in [4.69, 9.17) is 23.2 Å². The molecule has 0 saturated carbocycles. The van der Waals surface area contributed by atoms with Crippen LogP contribution >= 0.6 is 23.2 Å². The van der Waals surface area contributed by atoms with Crippen LogP contribution in [0.4, 0.5) is 0 Å². The van der Waals surface area contributed by atoms with Crippen molar-refractivity contribution in [1.29, 1.82) is 0 Å². The average Bonchev–Trinajstić information content (AvgIpc) is 2.45. The van der Waals surface area contributed by atoms with Crippen molar-refractivity contribution in [3.63, 3.8) is 0 Å². The highest BCUT2D eigenvalue weighted by atomic mass is 35.5. The second-order valence-corrected chi connectivity index (χ2v) is 6.86. The van der Waals surface area contributed by atoms with Crippen molar-refractivity contribution in [2.75, 3.05) is 0 Å². The van der Waals surface area contributed by atoms with E-state index in [9.17, 15) is 4.79 Å². The van der Waals surface area contributed by atoms with Crippen molar-refractivity contribution in [3.05, 3.63) is 68.7 Å². The third-order valence-corrected chi connectivity index (χ3v) is 4.41. The third kappa shape index (κ3) is 3.21. The average molecular weight is 335 g/mol. The van der Waals surface area contributed by atoms with E-state index in [2.05, 4.69) is 0 Å². The summed E-state index contributed by atoms with van der Waals surface area (Å²) in [7, 11) is 0. The molecule has 0 N–H and O–H groups in total. The number of halogens is 2. The van der Waals surface area contributed by atoms with Gasteiger partial charge in [-0.05, 0) is 35.1 Å². The Morgan fingerprint density at radius 3 is 1.45 bits per heavy atom. The molecule has 3 heteroatoms. The first-order chi connectivity index (χ1) is 10.3. The summed E-state index contributed by atoms with van der Waals surface area (Å²) >= 11 is 12.6. The summed E-state index contributed by atoms with van der Waals surface area (Å²) in [6.45, 7) is 8.16. The van der Waals surface area contributed by atoms with Gasteiger partial charge in [-0.1, -0.05) is 75.2 Å². The number of carbonyl (C=O) groups excluding carboxylic acids is 1. The maximum atomic E-state index is 13.1. The summed E-state index contributed by atoms with van der Waals surface area (Å²) in [5.74, 6) is 0.334. The number of hydrogen-bond donors (Lipinski definition) is 0. The molecule has 116 valence electrons. The van der Waals surface area contributed by atoms with Gasteiger partial charge in [-0.2, -0.15) is 0 Å². The summed E-state index contributed by atoms with van der Waals surface area (Å²) in [6.07, 6.45) is 0. The van der Waals surface area contributed by atoms with Crippen molar-refractivity contribution >= 4 is 29.0 Å². The van der Waals surface area contributed by atoms with Gasteiger partial charge in [-0.15, -0.1) is 0 Å². The largest absolute Gasteiger partial charge is 0.289 e. The van der Waals surface area contributed by atoms with E-state index in [1.165, 1.54) is 0 Å². The lowest BCUT2D eigenvalue weighted by Gasteiger charge is -2.17. The fourth-order valence-electron chi connectivity index (χ4n) is 2.79. The Bertz CT molecular complexity index is 643. The van der Waals surface area contributed by atoms with Crippen LogP contribution in [0.3, 0.4) is 0 Å². The van der Waals surface area contributed by atoms with E-state index < -0.39 is 0 Å². The Kier molecular flexibility index (Phi) is 5.31. The van der Waals surface area contributed by atoms with E-state index in [1.54, 1.807) is 0 Å². The molecule has 0 heterocycles. The molecule has 0 unspecified atom stereocenters. The van der Waals surface area contributed by atoms with Gasteiger partial charge in [0.1, 0.15) is 0 Å². The second kappa shape index (κ2) is 6.85. The topological polar surface area (TPSA) is 17.1 Å². The Morgan fingerprint density at radius 2 is 1.14 bits per heavy atom. The van der Waals surface area contributed by atoms with Gasteiger partial charge in [-0.3, -0.25) is 4.79 Å². The van der Waals surface area contributed by atoms with Gasteiger partial charge in [0.15, 0.2) is 5.78 Å². The van der Waals surface area contributed by atoms with Crippen LogP contribution in [-0.2, 0) is 0 Å². The van der Waals surface area contributed by atoms with Gasteiger partial charge in [0.25, 0.3) is 0 Å². The SMILES string of the molecule is CC(C)c1c(Cl)cccc1C(=O)c1cccc(Cl)c1C(C)C. The number of benzene rings is 2. The summed E-state index contributed by atoms with van der Waals surface area (Å²) in [5.41, 5.74) is 3.10. The molecule has 0 bridgehead atoms. The molecular weight excluding hydrogens is 315 g/mol. The standard InChI is InChI=1S/C19H20Cl2O/c1-11(2)17-13(7-5-9-15(17)20)19(22)14-8-6-10-16(21)18(14)12(3)4/h5-12H,1-4H3. The highest BCUT2D eigenvalue weighted by molar-refractivity contribution is 6.33. The molecule has 1 nitrogen and oxygen atoms in total. The molecule has 2 aromatic rings. The molecule has 0 radical (unpaired) electrons. The number of carbonyl (C=O) groups is 1. The van der Waals surface area contributed by atoms with Crippen LogP contribution in [0.1, 0.15) is 66.6 Å². The molecule has 0 fully saturated rings. The molecule has 0 aromatic heterocycles. The summed E-state index contributed by atoms with van der Waals surface area (Å²) in [4.78, 5) is 13.1. The molecule has 0 saturated heterocycles. The first-order valence-corrected chi connectivity index (χ1v) is 8.21. The molecular formula is C19H20Cl2O. The van der Waals surface area contributed by atoms with Gasteiger partial charge < -0.3 is 0 Å². The maximum absolute atomic E-state index is 13.1. The van der Waals surface area contributed by atoms with E-state index in [0.29, 0.717) is 21.2 Å². The van der Waals surface area contributed by atoms with Crippen molar-refractivity contribution < 1.29 is 4.79 Å². The zero-order chi connectivity index (χ0) is 16.4. The predicted molar refractivity (Wildman–Crippen MR) is 94.5 cm³/mol. The van der Waals surface area contributed by atoms with Crippen LogP contribution in [-0.4, -0.2) is 5.78 Å². The molecule has 0 aliphatic carbocycles. The molecule has 2 aromatic carbocycles. The van der Waals surface area contributed by atoms with Crippen molar-refractivity contribution in [2.24, 2.45) is 0 Å². The minimum Gasteiger partial charge on any atom is -0.289 e. The quantitative estimate of drug-likeness (QED) is 0.585. The lowest BCUT2D eigenvalue weighted by atomic mass is 9.88. The van der Waals surface area contributed by atoms with Crippen LogP contribution in [0.25, 0.3) is 0 Å². The second-order valence-electron chi connectivity index (χ2n) is 6.04. The molecule has 0 atom stereocenters. The summed E-state index contributed by atoms with van der Waals surface area (Å²) in [5, 5.41) is 1.27. The monoisotopic (exact) mass is 334 g/mol. The van der Waals surface area contributed by atoms with E-state index >= 15 is 0 Å². The van der Waals surface area contributed by atoms with E-state index in [0.717, 1.165) is 11.1 Å². The van der Waals surface area contributed by atoms with Gasteiger partial charge in [0, 0.05) is 21.2 Å². The van der Waals surface area contributed by atoms with Gasteiger partial charge in [-0.25, -0.2) is 0 Å². The van der Waals surface area contributed by atoms with Gasteiger partial charge in [0.05, 0.1) is 0 Å². The van der Waals surface area contributed by atoms with Crippen LogP contribution in [0.5, 0.6) is 0 Å². The maximum Gasteiger partial charge on any atom is 0.193 e. The lowest BCUT2D eigenvalue weighted by molar-refractivity contribution is 0.103. The van der Waals surface area contributed by atoms with Crippen LogP contribution in [0.2, 0.25) is 10.0 Å². The molecule has 22 heavy (non-hydrogen) atoms. The first-order valence-electron chi connectivity index (χ1n) is 7.46. The highest BCUT2D eigenvalue weighted by Crippen LogP contribution is 2.33. The fourth-order valence-corrected chi connectivity index (χ4v) is 3.57. The minimum atomic E-state index is -0.0163. The van der Waals surface area contributed by atoms with Crippen molar-refractivity contribution in [1.82, 2.24) is 0 Å². The minimum absolute atomic E-state index is 0.0163. The molecule has 2 rings (SSSR count). The zero-order valence-electron chi connectivity index (χ0n) is 13.3. The number of rotatable bonds is 4. The third-order valence-electron chi connectivity index (χ3n) is 3.75. The fraction of sp³-hybridized carbons (Fsp3) is 0.316. The normalized spacial score (nSPS) is 11.3. The van der Waals surface area contributed by atoms with E-state index in [1.807, 2.05) is 64.1 Å². The lowest BCUT2D eigenvalue weighted by Crippen LogP contribution is -2.11. The summed E-state index contributed by atoms with van der Waals surface area (Å²) < 4.78 is 0. The van der Waals surface area contributed by atoms with Crippen LogP contribution in [0.15, 0.2) is 36.4 Å². The molecule has 0 aliphatic rings. The predicted octanol–water partition coefficient (Wildman–Crippen LogP) is 6.47. The zero-order valence-corrected chi connectivity index (χ0v) is 14.8. The summed E-state index contributed by atoms with van der Waals surface area (Å²) in [6, 6.07) is 11.0. The van der Waals surface area contributed by atoms with Crippen molar-refractivity contribution in [3.8, 4) is 0 Å². The Morgan fingerprint density at radius 1 is 0.773 bits per heavy atom. The molecule has 0 spiro atoms. The van der Waals surface area contributed by atoms with Gasteiger partial charge in [0.2, 0.25) is 0 Å². The van der Waals surface area contributed by atoms with Crippen LogP contribution in [0, 0.1) is 0 Å². The Labute approximate surface area is 142 Å². The van der Waals surface area contributed by atoms with Gasteiger partial charge >= 0.3 is 0 Å².